The number of fused-ring (bicyclic) bond motifs is 1. The molecule has 172 valence electrons. The molecule has 0 unspecified atom stereocenters. The van der Waals surface area contributed by atoms with Crippen LogP contribution in [0.15, 0.2) is 34.6 Å². The van der Waals surface area contributed by atoms with Crippen molar-refractivity contribution in [2.45, 2.75) is 34.7 Å². The molecule has 0 amide bonds. The summed E-state index contributed by atoms with van der Waals surface area (Å²) < 4.78 is 53.1. The maximum absolute atomic E-state index is 14.9. The molecule has 16 heteroatoms. The lowest BCUT2D eigenvalue weighted by molar-refractivity contribution is -0.0456. The van der Waals surface area contributed by atoms with Gasteiger partial charge in [0, 0.05) is 6.07 Å². The smallest absolute Gasteiger partial charge is 0.333 e. The highest BCUT2D eigenvalue weighted by Crippen LogP contribution is 2.39. The molecule has 0 spiro atoms. The van der Waals surface area contributed by atoms with Crippen molar-refractivity contribution in [3.05, 3.63) is 24.5 Å². The van der Waals surface area contributed by atoms with Gasteiger partial charge in [-0.15, -0.1) is 0 Å². The highest BCUT2D eigenvalue weighted by atomic mass is 32.2. The van der Waals surface area contributed by atoms with E-state index < -0.39 is 41.5 Å². The summed E-state index contributed by atoms with van der Waals surface area (Å²) in [5.41, 5.74) is 6.17. The van der Waals surface area contributed by atoms with Gasteiger partial charge in [0.1, 0.15) is 34.4 Å². The quantitative estimate of drug-likeness (QED) is 0.397. The molecule has 1 aliphatic rings. The molecule has 0 radical (unpaired) electrons. The number of nitrogens with zero attached hydrogens (tertiary/aromatic N) is 5. The Morgan fingerprint density at radius 3 is 2.88 bits per heavy atom. The average Bonchev–Trinajstić information content (AvgIpc) is 3.25. The van der Waals surface area contributed by atoms with Gasteiger partial charge >= 0.3 is 10.3 Å². The number of nitrogens with two attached hydrogens (primary N) is 2. The molecule has 1 aliphatic heterocycles. The summed E-state index contributed by atoms with van der Waals surface area (Å²) in [6, 6.07) is 5.12. The van der Waals surface area contributed by atoms with Crippen molar-refractivity contribution in [1.82, 2.24) is 24.7 Å². The molecule has 0 aromatic carbocycles. The first-order valence-corrected chi connectivity index (χ1v) is 11.3. The number of halogens is 1. The molecule has 13 nitrogen and oxygen atoms in total. The molecule has 0 aliphatic carbocycles. The Morgan fingerprint density at radius 1 is 1.38 bits per heavy atom. The van der Waals surface area contributed by atoms with Crippen molar-refractivity contribution >= 4 is 38.9 Å². The van der Waals surface area contributed by atoms with E-state index in [9.17, 15) is 17.9 Å². The lowest BCUT2D eigenvalue weighted by Gasteiger charge is -2.14. The first-order chi connectivity index (χ1) is 15.2. The summed E-state index contributed by atoms with van der Waals surface area (Å²) in [5, 5.41) is 20.5. The van der Waals surface area contributed by atoms with Crippen LogP contribution in [0.4, 0.5) is 10.2 Å². The molecular formula is C16H18FN7O6S2. The monoisotopic (exact) mass is 487 g/mol. The topological polar surface area (TPSA) is 191 Å². The molecule has 5 N–H and O–H groups in total. The summed E-state index contributed by atoms with van der Waals surface area (Å²) in [6.07, 6.45) is -5.26. The predicted octanol–water partition coefficient (Wildman–Crippen LogP) is -0.220. The van der Waals surface area contributed by atoms with Gasteiger partial charge in [-0.2, -0.15) is 13.5 Å². The van der Waals surface area contributed by atoms with Gasteiger partial charge in [-0.05, 0) is 17.8 Å². The van der Waals surface area contributed by atoms with Crippen LogP contribution in [0.3, 0.4) is 0 Å². The zero-order valence-corrected chi connectivity index (χ0v) is 18.0. The second kappa shape index (κ2) is 8.72. The average molecular weight is 487 g/mol. The van der Waals surface area contributed by atoms with Crippen molar-refractivity contribution < 1.29 is 31.6 Å². The van der Waals surface area contributed by atoms with Crippen molar-refractivity contribution in [2.24, 2.45) is 5.14 Å². The van der Waals surface area contributed by atoms with Crippen LogP contribution in [0, 0.1) is 0 Å². The van der Waals surface area contributed by atoms with Crippen LogP contribution in [0.2, 0.25) is 0 Å². The lowest BCUT2D eigenvalue weighted by Crippen LogP contribution is -2.33. The van der Waals surface area contributed by atoms with E-state index in [-0.39, 0.29) is 11.5 Å². The van der Waals surface area contributed by atoms with Gasteiger partial charge in [-0.1, -0.05) is 6.07 Å². The Hall–Kier alpha value is -2.63. The van der Waals surface area contributed by atoms with Crippen LogP contribution in [0.1, 0.15) is 6.23 Å². The van der Waals surface area contributed by atoms with Gasteiger partial charge in [0.15, 0.2) is 18.0 Å². The van der Waals surface area contributed by atoms with Gasteiger partial charge in [0.25, 0.3) is 0 Å². The summed E-state index contributed by atoms with van der Waals surface area (Å²) >= 11 is 1.11. The lowest BCUT2D eigenvalue weighted by atomic mass is 10.1. The van der Waals surface area contributed by atoms with Gasteiger partial charge in [0.05, 0.1) is 19.1 Å². The van der Waals surface area contributed by atoms with E-state index in [4.69, 9.17) is 20.3 Å². The molecule has 32 heavy (non-hydrogen) atoms. The van der Waals surface area contributed by atoms with Crippen LogP contribution < -0.4 is 15.6 Å². The van der Waals surface area contributed by atoms with E-state index in [0.717, 1.165) is 16.4 Å². The molecule has 4 heterocycles. The first-order valence-electron chi connectivity index (χ1n) is 9.00. The third kappa shape index (κ3) is 4.45. The second-order valence-corrected chi connectivity index (χ2v) is 8.84. The molecule has 3 aromatic heterocycles. The number of hydrogen-bond donors (Lipinski definition) is 3. The SMILES string of the molecule is COc1cccc(Sc2nn([C@@H]3O[C@H](COS(N)(=O)=O)[C@@H](O)[C@@H]3F)c3ncnc(N)c23)n1. The molecule has 0 bridgehead atoms. The summed E-state index contributed by atoms with van der Waals surface area (Å²) in [6.45, 7) is -0.678. The van der Waals surface area contributed by atoms with Crippen molar-refractivity contribution in [3.63, 3.8) is 0 Å². The molecule has 4 atom stereocenters. The molecular weight excluding hydrogens is 469 g/mol. The highest BCUT2D eigenvalue weighted by molar-refractivity contribution is 7.99. The number of alkyl halides is 1. The number of methoxy groups -OCH3 is 1. The van der Waals surface area contributed by atoms with Gasteiger partial charge in [0.2, 0.25) is 5.88 Å². The normalized spacial score (nSPS) is 23.6. The zero-order valence-electron chi connectivity index (χ0n) is 16.4. The fourth-order valence-corrected chi connectivity index (χ4v) is 4.31. The largest absolute Gasteiger partial charge is 0.481 e. The van der Waals surface area contributed by atoms with Crippen molar-refractivity contribution in [3.8, 4) is 5.88 Å². The Balaban J connectivity index is 1.69. The summed E-state index contributed by atoms with van der Waals surface area (Å²) in [5.74, 6) is 0.474. The Kier molecular flexibility index (Phi) is 6.15. The summed E-state index contributed by atoms with van der Waals surface area (Å²) in [7, 11) is -2.83. The minimum absolute atomic E-state index is 0.0923. The fourth-order valence-electron chi connectivity index (χ4n) is 3.08. The van der Waals surface area contributed by atoms with Gasteiger partial charge < -0.3 is 20.3 Å². The third-order valence-corrected chi connectivity index (χ3v) is 5.91. The number of hydrogen-bond acceptors (Lipinski definition) is 12. The minimum atomic E-state index is -4.30. The number of pyridine rings is 1. The molecule has 1 fully saturated rings. The maximum atomic E-state index is 14.9. The van der Waals surface area contributed by atoms with E-state index in [2.05, 4.69) is 24.2 Å². The maximum Gasteiger partial charge on any atom is 0.333 e. The standard InChI is InChI=1S/C16H18FN7O6S2/c1-28-8-3-2-4-9(22-8)31-15-10-13(18)20-6-21-14(10)24(23-15)16-11(17)12(25)7(30-16)5-29-32(19,26)27/h2-4,6-7,11-12,16,25H,5H2,1H3,(H2,18,20,21)(H2,19,26,27)/t7-,11+,12-,16-/m1/s1. The number of aromatic nitrogens is 5. The van der Waals surface area contributed by atoms with E-state index in [1.54, 1.807) is 18.2 Å². The highest BCUT2D eigenvalue weighted by Gasteiger charge is 2.47. The van der Waals surface area contributed by atoms with Crippen LogP contribution in [0.5, 0.6) is 5.88 Å². The Labute approximate surface area is 185 Å². The molecule has 3 aromatic rings. The van der Waals surface area contributed by atoms with Crippen molar-refractivity contribution in [2.75, 3.05) is 19.5 Å². The van der Waals surface area contributed by atoms with E-state index >= 15 is 0 Å². The number of aliphatic hydroxyl groups is 1. The van der Waals surface area contributed by atoms with Crippen LogP contribution in [-0.4, -0.2) is 70.4 Å². The van der Waals surface area contributed by atoms with Crippen LogP contribution in [0.25, 0.3) is 11.0 Å². The number of ether oxygens (including phenoxy) is 2. The van der Waals surface area contributed by atoms with Crippen LogP contribution in [-0.2, 0) is 19.2 Å². The number of aliphatic hydroxyl groups excluding tert-OH is 1. The first kappa shape index (κ1) is 22.6. The number of rotatable bonds is 7. The Bertz CT molecular complexity index is 1240. The van der Waals surface area contributed by atoms with E-state index in [1.165, 1.54) is 13.4 Å². The second-order valence-electron chi connectivity index (χ2n) is 6.60. The minimum Gasteiger partial charge on any atom is -0.481 e. The van der Waals surface area contributed by atoms with Gasteiger partial charge in [-0.25, -0.2) is 29.2 Å². The predicted molar refractivity (Wildman–Crippen MR) is 109 cm³/mol. The number of nitrogen functional groups attached to an aromatic ring is 1. The van der Waals surface area contributed by atoms with Crippen LogP contribution >= 0.6 is 11.8 Å². The van der Waals surface area contributed by atoms with Gasteiger partial charge in [-0.3, -0.25) is 4.18 Å². The molecule has 1 saturated heterocycles. The van der Waals surface area contributed by atoms with E-state index in [1.807, 2.05) is 0 Å². The molecule has 0 saturated carbocycles. The van der Waals surface area contributed by atoms with Crippen molar-refractivity contribution in [1.29, 1.82) is 0 Å². The third-order valence-electron chi connectivity index (χ3n) is 4.53. The fraction of sp³-hybridized carbons (Fsp3) is 0.375. The van der Waals surface area contributed by atoms with E-state index in [0.29, 0.717) is 21.3 Å². The Morgan fingerprint density at radius 2 is 2.16 bits per heavy atom. The number of anilines is 1. The molecule has 4 rings (SSSR count). The summed E-state index contributed by atoms with van der Waals surface area (Å²) in [4.78, 5) is 12.4. The zero-order chi connectivity index (χ0) is 23.0.